The Balaban J connectivity index is 1.42. The van der Waals surface area contributed by atoms with Gasteiger partial charge in [-0.2, -0.15) is 5.10 Å². The van der Waals surface area contributed by atoms with Crippen LogP contribution >= 0.6 is 0 Å². The van der Waals surface area contributed by atoms with Crippen LogP contribution in [0, 0.1) is 11.7 Å². The second kappa shape index (κ2) is 6.55. The van der Waals surface area contributed by atoms with Gasteiger partial charge in [0.25, 0.3) is 5.91 Å². The summed E-state index contributed by atoms with van der Waals surface area (Å²) < 4.78 is 14.5. The van der Waals surface area contributed by atoms with Crippen LogP contribution in [0.4, 0.5) is 4.39 Å². The molecule has 2 aliphatic rings. The van der Waals surface area contributed by atoms with Gasteiger partial charge in [-0.25, -0.2) is 4.39 Å². The van der Waals surface area contributed by atoms with Gasteiger partial charge in [-0.05, 0) is 43.0 Å². The summed E-state index contributed by atoms with van der Waals surface area (Å²) in [7, 11) is 1.75. The standard InChI is InChI=1S/C19H21FN4O2/c1-23-17(8-9-22-23)19(26)24-14-6-7-16(24)15(10-14)18(25)21-11-12-2-4-13(20)5-3-12/h2-5,8-9,14-16H,6-7,10-11H2,1H3,(H,21,25)/t14-,15+,16-/m0/s1. The molecule has 0 unspecified atom stereocenters. The van der Waals surface area contributed by atoms with Crippen molar-refractivity contribution in [2.75, 3.05) is 0 Å². The summed E-state index contributed by atoms with van der Waals surface area (Å²) in [5.41, 5.74) is 1.40. The normalized spacial score (nSPS) is 24.1. The van der Waals surface area contributed by atoms with E-state index in [4.69, 9.17) is 0 Å². The molecule has 1 N–H and O–H groups in total. The molecule has 2 aromatic rings. The first-order valence-electron chi connectivity index (χ1n) is 8.87. The van der Waals surface area contributed by atoms with Gasteiger partial charge in [-0.15, -0.1) is 0 Å². The van der Waals surface area contributed by atoms with Crippen molar-refractivity contribution in [3.8, 4) is 0 Å². The molecule has 1 aromatic heterocycles. The Bertz CT molecular complexity index is 832. The Labute approximate surface area is 151 Å². The van der Waals surface area contributed by atoms with Crippen LogP contribution in [0.1, 0.15) is 35.3 Å². The number of rotatable bonds is 4. The minimum absolute atomic E-state index is 0.0377. The zero-order valence-electron chi connectivity index (χ0n) is 14.6. The second-order valence-corrected chi connectivity index (χ2v) is 7.04. The molecule has 3 atom stereocenters. The maximum absolute atomic E-state index is 13.0. The fraction of sp³-hybridized carbons (Fsp3) is 0.421. The summed E-state index contributed by atoms with van der Waals surface area (Å²) in [5.74, 6) is -0.570. The van der Waals surface area contributed by atoms with E-state index in [2.05, 4.69) is 10.4 Å². The Kier molecular flexibility index (Phi) is 4.22. The summed E-state index contributed by atoms with van der Waals surface area (Å²) >= 11 is 0. The average molecular weight is 356 g/mol. The van der Waals surface area contributed by atoms with Crippen LogP contribution in [0.2, 0.25) is 0 Å². The lowest BCUT2D eigenvalue weighted by Crippen LogP contribution is -2.41. The van der Waals surface area contributed by atoms with Gasteiger partial charge >= 0.3 is 0 Å². The molecule has 2 saturated heterocycles. The first kappa shape index (κ1) is 16.8. The van der Waals surface area contributed by atoms with E-state index in [0.717, 1.165) is 18.4 Å². The first-order chi connectivity index (χ1) is 12.5. The molecule has 26 heavy (non-hydrogen) atoms. The molecule has 0 saturated carbocycles. The lowest BCUT2D eigenvalue weighted by molar-refractivity contribution is -0.125. The van der Waals surface area contributed by atoms with Crippen LogP contribution < -0.4 is 5.32 Å². The molecule has 1 aromatic carbocycles. The Morgan fingerprint density at radius 2 is 2.00 bits per heavy atom. The van der Waals surface area contributed by atoms with Crippen molar-refractivity contribution >= 4 is 11.8 Å². The number of aryl methyl sites for hydroxylation is 1. The molecule has 0 aliphatic carbocycles. The van der Waals surface area contributed by atoms with Crippen LogP contribution in [0.15, 0.2) is 36.5 Å². The summed E-state index contributed by atoms with van der Waals surface area (Å²) in [5, 5.41) is 7.00. The number of amides is 2. The molecule has 0 radical (unpaired) electrons. The molecule has 7 heteroatoms. The van der Waals surface area contributed by atoms with Gasteiger partial charge in [0, 0.05) is 31.9 Å². The highest BCUT2D eigenvalue weighted by molar-refractivity contribution is 5.94. The average Bonchev–Trinajstić information content (AvgIpc) is 3.34. The maximum atomic E-state index is 13.0. The summed E-state index contributed by atoms with van der Waals surface area (Å²) in [6.45, 7) is 0.364. The van der Waals surface area contributed by atoms with Crippen LogP contribution in [0.25, 0.3) is 0 Å². The van der Waals surface area contributed by atoms with E-state index < -0.39 is 0 Å². The molecule has 0 spiro atoms. The van der Waals surface area contributed by atoms with Crippen molar-refractivity contribution in [3.05, 3.63) is 53.6 Å². The fourth-order valence-corrected chi connectivity index (χ4v) is 4.23. The number of carbonyl (C=O) groups is 2. The van der Waals surface area contributed by atoms with Crippen LogP contribution in [0.5, 0.6) is 0 Å². The van der Waals surface area contributed by atoms with Crippen LogP contribution in [-0.4, -0.2) is 38.6 Å². The number of nitrogens with one attached hydrogen (secondary N) is 1. The van der Waals surface area contributed by atoms with Crippen LogP contribution in [-0.2, 0) is 18.4 Å². The predicted octanol–water partition coefficient (Wildman–Crippen LogP) is 1.87. The number of benzene rings is 1. The number of fused-ring (bicyclic) bond motifs is 2. The molecular weight excluding hydrogens is 335 g/mol. The summed E-state index contributed by atoms with van der Waals surface area (Å²) in [4.78, 5) is 27.4. The van der Waals surface area contributed by atoms with E-state index in [1.165, 1.54) is 12.1 Å². The molecule has 4 rings (SSSR count). The highest BCUT2D eigenvalue weighted by atomic mass is 19.1. The summed E-state index contributed by atoms with van der Waals surface area (Å²) in [6, 6.07) is 7.85. The number of nitrogens with zero attached hydrogens (tertiary/aromatic N) is 3. The quantitative estimate of drug-likeness (QED) is 0.909. The number of hydrogen-bond donors (Lipinski definition) is 1. The van der Waals surface area contributed by atoms with E-state index >= 15 is 0 Å². The van der Waals surface area contributed by atoms with Gasteiger partial charge in [0.05, 0.1) is 5.92 Å². The van der Waals surface area contributed by atoms with E-state index in [-0.39, 0.29) is 35.6 Å². The molecule has 3 heterocycles. The Morgan fingerprint density at radius 3 is 2.69 bits per heavy atom. The van der Waals surface area contributed by atoms with Gasteiger partial charge in [-0.3, -0.25) is 14.3 Å². The maximum Gasteiger partial charge on any atom is 0.272 e. The van der Waals surface area contributed by atoms with E-state index in [9.17, 15) is 14.0 Å². The molecule has 2 bridgehead atoms. The third kappa shape index (κ3) is 2.87. The number of aromatic nitrogens is 2. The zero-order valence-corrected chi connectivity index (χ0v) is 14.6. The number of hydrogen-bond acceptors (Lipinski definition) is 3. The smallest absolute Gasteiger partial charge is 0.272 e. The van der Waals surface area contributed by atoms with Gasteiger partial charge in [0.15, 0.2) is 0 Å². The summed E-state index contributed by atoms with van der Waals surface area (Å²) in [6.07, 6.45) is 4.10. The van der Waals surface area contributed by atoms with Gasteiger partial charge in [0.1, 0.15) is 11.5 Å². The van der Waals surface area contributed by atoms with E-state index in [0.29, 0.717) is 18.7 Å². The van der Waals surface area contributed by atoms with Crippen molar-refractivity contribution in [1.82, 2.24) is 20.0 Å². The fourth-order valence-electron chi connectivity index (χ4n) is 4.23. The second-order valence-electron chi connectivity index (χ2n) is 7.04. The number of halogens is 1. The van der Waals surface area contributed by atoms with E-state index in [1.54, 1.807) is 36.1 Å². The minimum Gasteiger partial charge on any atom is -0.352 e. The lowest BCUT2D eigenvalue weighted by Gasteiger charge is -2.24. The third-order valence-electron chi connectivity index (χ3n) is 5.53. The highest BCUT2D eigenvalue weighted by Crippen LogP contribution is 2.42. The van der Waals surface area contributed by atoms with Crippen molar-refractivity contribution < 1.29 is 14.0 Å². The van der Waals surface area contributed by atoms with Crippen molar-refractivity contribution in [2.45, 2.75) is 37.9 Å². The van der Waals surface area contributed by atoms with Gasteiger partial charge in [0.2, 0.25) is 5.91 Å². The van der Waals surface area contributed by atoms with Crippen molar-refractivity contribution in [1.29, 1.82) is 0 Å². The van der Waals surface area contributed by atoms with Crippen molar-refractivity contribution in [3.63, 3.8) is 0 Å². The first-order valence-corrected chi connectivity index (χ1v) is 8.87. The molecular formula is C19H21FN4O2. The topological polar surface area (TPSA) is 67.2 Å². The molecule has 6 nitrogen and oxygen atoms in total. The van der Waals surface area contributed by atoms with Crippen molar-refractivity contribution in [2.24, 2.45) is 13.0 Å². The lowest BCUT2D eigenvalue weighted by atomic mass is 9.88. The zero-order chi connectivity index (χ0) is 18.3. The molecule has 2 amide bonds. The number of carbonyl (C=O) groups excluding carboxylic acids is 2. The molecule has 2 aliphatic heterocycles. The largest absolute Gasteiger partial charge is 0.352 e. The monoisotopic (exact) mass is 356 g/mol. The Hall–Kier alpha value is -2.70. The SMILES string of the molecule is Cn1nccc1C(=O)N1[C@H]2CC[C@H]1[C@H](C(=O)NCc1ccc(F)cc1)C2. The Morgan fingerprint density at radius 1 is 1.23 bits per heavy atom. The highest BCUT2D eigenvalue weighted by Gasteiger charge is 2.51. The van der Waals surface area contributed by atoms with Gasteiger partial charge in [-0.1, -0.05) is 12.1 Å². The van der Waals surface area contributed by atoms with Gasteiger partial charge < -0.3 is 10.2 Å². The molecule has 2 fully saturated rings. The third-order valence-corrected chi connectivity index (χ3v) is 5.53. The predicted molar refractivity (Wildman–Crippen MR) is 92.5 cm³/mol. The van der Waals surface area contributed by atoms with E-state index in [1.807, 2.05) is 4.90 Å². The van der Waals surface area contributed by atoms with Crippen LogP contribution in [0.3, 0.4) is 0 Å². The molecule has 136 valence electrons. The minimum atomic E-state index is -0.294.